The zero-order valence-corrected chi connectivity index (χ0v) is 16.2. The lowest BCUT2D eigenvalue weighted by Gasteiger charge is -2.15. The smallest absolute Gasteiger partial charge is 0.337 e. The van der Waals surface area contributed by atoms with E-state index in [2.05, 4.69) is 20.6 Å². The molecule has 0 saturated heterocycles. The Morgan fingerprint density at radius 3 is 2.24 bits per heavy atom. The quantitative estimate of drug-likeness (QED) is 0.517. The summed E-state index contributed by atoms with van der Waals surface area (Å²) >= 11 is 0. The monoisotopic (exact) mass is 395 g/mol. The van der Waals surface area contributed by atoms with Crippen LogP contribution >= 0.6 is 0 Å². The predicted octanol–water partition coefficient (Wildman–Crippen LogP) is 3.35. The molecular formula is C20H21N5O4. The van der Waals surface area contributed by atoms with Crippen LogP contribution in [0.3, 0.4) is 0 Å². The van der Waals surface area contributed by atoms with E-state index in [4.69, 9.17) is 19.9 Å². The van der Waals surface area contributed by atoms with Crippen molar-refractivity contribution in [3.8, 4) is 11.5 Å². The van der Waals surface area contributed by atoms with Gasteiger partial charge in [0.25, 0.3) is 0 Å². The summed E-state index contributed by atoms with van der Waals surface area (Å²) in [6.07, 6.45) is 1.39. The Morgan fingerprint density at radius 1 is 0.931 bits per heavy atom. The highest BCUT2D eigenvalue weighted by Crippen LogP contribution is 2.34. The van der Waals surface area contributed by atoms with Crippen molar-refractivity contribution in [1.82, 2.24) is 9.97 Å². The standard InChI is InChI=1S/C20H21N5O4/c1-27-14-8-9-16(28-2)15(10-14)25-19-17(21)18(22-11-23-19)24-13-6-4-12(5-7-13)20(26)29-3/h4-11H,21H2,1-3H3,(H2,22,23,24,25). The van der Waals surface area contributed by atoms with Crippen molar-refractivity contribution >= 4 is 34.7 Å². The molecule has 0 spiro atoms. The normalized spacial score (nSPS) is 10.2. The molecule has 0 radical (unpaired) electrons. The van der Waals surface area contributed by atoms with Gasteiger partial charge in [0.05, 0.1) is 32.6 Å². The molecule has 0 fully saturated rings. The lowest BCUT2D eigenvalue weighted by atomic mass is 10.2. The van der Waals surface area contributed by atoms with E-state index in [1.807, 2.05) is 0 Å². The van der Waals surface area contributed by atoms with Crippen molar-refractivity contribution < 1.29 is 19.0 Å². The highest BCUT2D eigenvalue weighted by atomic mass is 16.5. The average Bonchev–Trinajstić information content (AvgIpc) is 2.76. The topological polar surface area (TPSA) is 121 Å². The number of nitrogens with two attached hydrogens (primary N) is 1. The molecule has 150 valence electrons. The zero-order valence-electron chi connectivity index (χ0n) is 16.2. The largest absolute Gasteiger partial charge is 0.497 e. The zero-order chi connectivity index (χ0) is 20.8. The molecule has 3 aromatic rings. The molecule has 0 atom stereocenters. The molecule has 29 heavy (non-hydrogen) atoms. The van der Waals surface area contributed by atoms with Crippen LogP contribution in [0.1, 0.15) is 10.4 Å². The van der Waals surface area contributed by atoms with Gasteiger partial charge in [-0.1, -0.05) is 0 Å². The van der Waals surface area contributed by atoms with Crippen LogP contribution in [-0.2, 0) is 4.74 Å². The van der Waals surface area contributed by atoms with Gasteiger partial charge in [0.1, 0.15) is 23.5 Å². The number of carbonyl (C=O) groups excluding carboxylic acids is 1. The molecule has 1 heterocycles. The van der Waals surface area contributed by atoms with Gasteiger partial charge in [-0.05, 0) is 36.4 Å². The fourth-order valence-corrected chi connectivity index (χ4v) is 2.58. The van der Waals surface area contributed by atoms with Gasteiger partial charge in [-0.15, -0.1) is 0 Å². The Bertz CT molecular complexity index is 1010. The van der Waals surface area contributed by atoms with Crippen molar-refractivity contribution in [2.24, 2.45) is 0 Å². The Morgan fingerprint density at radius 2 is 1.62 bits per heavy atom. The van der Waals surface area contributed by atoms with Gasteiger partial charge in [-0.2, -0.15) is 0 Å². The van der Waals surface area contributed by atoms with E-state index in [0.717, 1.165) is 0 Å². The van der Waals surface area contributed by atoms with Gasteiger partial charge in [-0.25, -0.2) is 14.8 Å². The molecule has 9 nitrogen and oxygen atoms in total. The number of ether oxygens (including phenoxy) is 3. The number of carbonyl (C=O) groups is 1. The van der Waals surface area contributed by atoms with Gasteiger partial charge < -0.3 is 30.6 Å². The molecule has 0 aliphatic rings. The summed E-state index contributed by atoms with van der Waals surface area (Å²) in [7, 11) is 4.49. The van der Waals surface area contributed by atoms with Crippen molar-refractivity contribution in [3.63, 3.8) is 0 Å². The van der Waals surface area contributed by atoms with E-state index in [0.29, 0.717) is 45.8 Å². The molecule has 4 N–H and O–H groups in total. The second-order valence-corrected chi connectivity index (χ2v) is 5.87. The third-order valence-corrected chi connectivity index (χ3v) is 4.11. The third kappa shape index (κ3) is 4.46. The lowest BCUT2D eigenvalue weighted by molar-refractivity contribution is 0.0601. The summed E-state index contributed by atoms with van der Waals surface area (Å²) in [6, 6.07) is 12.1. The minimum atomic E-state index is -0.406. The van der Waals surface area contributed by atoms with Gasteiger partial charge >= 0.3 is 5.97 Å². The van der Waals surface area contributed by atoms with Crippen molar-refractivity contribution in [1.29, 1.82) is 0 Å². The number of esters is 1. The van der Waals surface area contributed by atoms with Gasteiger partial charge in [-0.3, -0.25) is 0 Å². The van der Waals surface area contributed by atoms with Crippen LogP contribution in [-0.4, -0.2) is 37.3 Å². The summed E-state index contributed by atoms with van der Waals surface area (Å²) in [5.74, 6) is 1.67. The van der Waals surface area contributed by atoms with E-state index in [-0.39, 0.29) is 0 Å². The molecule has 0 amide bonds. The molecule has 0 unspecified atom stereocenters. The predicted molar refractivity (Wildman–Crippen MR) is 110 cm³/mol. The van der Waals surface area contributed by atoms with Crippen LogP contribution in [0.4, 0.5) is 28.7 Å². The molecule has 9 heteroatoms. The van der Waals surface area contributed by atoms with Crippen LogP contribution in [0, 0.1) is 0 Å². The molecule has 2 aromatic carbocycles. The number of aromatic nitrogens is 2. The molecule has 0 bridgehead atoms. The molecule has 0 aliphatic heterocycles. The van der Waals surface area contributed by atoms with Gasteiger partial charge in [0.15, 0.2) is 11.6 Å². The summed E-state index contributed by atoms with van der Waals surface area (Å²) in [5.41, 5.74) is 8.35. The number of benzene rings is 2. The second kappa shape index (κ2) is 8.79. The fraction of sp³-hybridized carbons (Fsp3) is 0.150. The van der Waals surface area contributed by atoms with Crippen LogP contribution in [0.25, 0.3) is 0 Å². The minimum absolute atomic E-state index is 0.314. The lowest BCUT2D eigenvalue weighted by Crippen LogP contribution is -2.06. The van der Waals surface area contributed by atoms with E-state index in [1.54, 1.807) is 56.7 Å². The molecule has 1 aromatic heterocycles. The summed E-state index contributed by atoms with van der Waals surface area (Å²) in [6.45, 7) is 0. The number of nitrogens with zero attached hydrogens (tertiary/aromatic N) is 2. The molecule has 0 saturated carbocycles. The first-order valence-corrected chi connectivity index (χ1v) is 8.60. The first kappa shape index (κ1) is 19.7. The molecule has 0 aliphatic carbocycles. The van der Waals surface area contributed by atoms with Gasteiger partial charge in [0, 0.05) is 11.8 Å². The minimum Gasteiger partial charge on any atom is -0.497 e. The first-order chi connectivity index (χ1) is 14.0. The van der Waals surface area contributed by atoms with Crippen LogP contribution in [0.5, 0.6) is 11.5 Å². The maximum Gasteiger partial charge on any atom is 0.337 e. The molecular weight excluding hydrogens is 374 g/mol. The first-order valence-electron chi connectivity index (χ1n) is 8.60. The number of nitrogen functional groups attached to an aromatic ring is 1. The van der Waals surface area contributed by atoms with E-state index >= 15 is 0 Å². The average molecular weight is 395 g/mol. The fourth-order valence-electron chi connectivity index (χ4n) is 2.58. The van der Waals surface area contributed by atoms with E-state index in [1.165, 1.54) is 13.4 Å². The number of rotatable bonds is 7. The van der Waals surface area contributed by atoms with Crippen LogP contribution < -0.4 is 25.8 Å². The van der Waals surface area contributed by atoms with Crippen molar-refractivity contribution in [3.05, 3.63) is 54.4 Å². The molecule has 3 rings (SSSR count). The summed E-state index contributed by atoms with van der Waals surface area (Å²) in [4.78, 5) is 19.9. The summed E-state index contributed by atoms with van der Waals surface area (Å²) < 4.78 is 15.3. The van der Waals surface area contributed by atoms with Crippen molar-refractivity contribution in [2.45, 2.75) is 0 Å². The highest BCUT2D eigenvalue weighted by molar-refractivity contribution is 5.90. The Hall–Kier alpha value is -4.01. The van der Waals surface area contributed by atoms with E-state index in [9.17, 15) is 4.79 Å². The van der Waals surface area contributed by atoms with Crippen LogP contribution in [0.2, 0.25) is 0 Å². The summed E-state index contributed by atoms with van der Waals surface area (Å²) in [5, 5.41) is 6.25. The van der Waals surface area contributed by atoms with Crippen LogP contribution in [0.15, 0.2) is 48.8 Å². The Kier molecular flexibility index (Phi) is 5.98. The maximum absolute atomic E-state index is 11.5. The number of anilines is 5. The number of methoxy groups -OCH3 is 3. The Balaban J connectivity index is 1.84. The van der Waals surface area contributed by atoms with Gasteiger partial charge in [0.2, 0.25) is 0 Å². The number of hydrogen-bond donors (Lipinski definition) is 3. The third-order valence-electron chi connectivity index (χ3n) is 4.11. The maximum atomic E-state index is 11.5. The highest BCUT2D eigenvalue weighted by Gasteiger charge is 2.12. The Labute approximate surface area is 167 Å². The van der Waals surface area contributed by atoms with E-state index < -0.39 is 5.97 Å². The van der Waals surface area contributed by atoms with Crippen molar-refractivity contribution in [2.75, 3.05) is 37.7 Å². The SMILES string of the molecule is COC(=O)c1ccc(Nc2ncnc(Nc3cc(OC)ccc3OC)c2N)cc1. The number of hydrogen-bond acceptors (Lipinski definition) is 9. The second-order valence-electron chi connectivity index (χ2n) is 5.87. The number of nitrogens with one attached hydrogen (secondary N) is 2.